The van der Waals surface area contributed by atoms with Crippen molar-refractivity contribution < 1.29 is 22.7 Å². The predicted octanol–water partition coefficient (Wildman–Crippen LogP) is 5.57. The van der Waals surface area contributed by atoms with Crippen LogP contribution in [-0.2, 0) is 26.2 Å². The summed E-state index contributed by atoms with van der Waals surface area (Å²) in [6, 6.07) is 19.2. The molecular weight excluding hydrogens is 562 g/mol. The maximum atomic E-state index is 14.2. The fraction of sp³-hybridized carbons (Fsp3) is 0.355. The first-order valence-electron chi connectivity index (χ1n) is 13.6. The molecule has 41 heavy (non-hydrogen) atoms. The number of ether oxygens (including phenoxy) is 1. The lowest BCUT2D eigenvalue weighted by atomic mass is 10.1. The summed E-state index contributed by atoms with van der Waals surface area (Å²) in [5.41, 5.74) is 1.54. The largest absolute Gasteiger partial charge is 0.497 e. The van der Waals surface area contributed by atoms with Crippen molar-refractivity contribution in [3.63, 3.8) is 0 Å². The molecule has 0 spiro atoms. The Morgan fingerprint density at radius 1 is 0.976 bits per heavy atom. The standard InChI is InChI=1S/C31H38ClN3O5S/c1-6-22(3)33-31(37)28(7-2)34(20-24-13-11-14-25(19-24)40-5)30(36)21-35(29-18-12-17-27(32)23(29)4)41(38,39)26-15-9-8-10-16-26/h8-19,22,28H,6-7,20-21H2,1-5H3,(H,33,37)/t22-,28+/m1/s1. The molecular formula is C31H38ClN3O5S. The van der Waals surface area contributed by atoms with Crippen molar-refractivity contribution in [1.82, 2.24) is 10.2 Å². The van der Waals surface area contributed by atoms with Gasteiger partial charge in [-0.2, -0.15) is 0 Å². The molecule has 0 radical (unpaired) electrons. The Morgan fingerprint density at radius 3 is 2.29 bits per heavy atom. The van der Waals surface area contributed by atoms with Gasteiger partial charge in [0.15, 0.2) is 0 Å². The lowest BCUT2D eigenvalue weighted by Crippen LogP contribution is -2.53. The van der Waals surface area contributed by atoms with E-state index in [0.29, 0.717) is 22.8 Å². The number of amides is 2. The minimum absolute atomic E-state index is 0.0353. The summed E-state index contributed by atoms with van der Waals surface area (Å²) in [6.45, 7) is 6.94. The molecule has 0 aromatic heterocycles. The van der Waals surface area contributed by atoms with Crippen LogP contribution < -0.4 is 14.4 Å². The minimum atomic E-state index is -4.17. The molecule has 2 amide bonds. The third-order valence-corrected chi connectivity index (χ3v) is 9.18. The van der Waals surface area contributed by atoms with Gasteiger partial charge in [0.2, 0.25) is 11.8 Å². The van der Waals surface area contributed by atoms with E-state index >= 15 is 0 Å². The van der Waals surface area contributed by atoms with Crippen molar-refractivity contribution in [2.24, 2.45) is 0 Å². The van der Waals surface area contributed by atoms with Gasteiger partial charge in [-0.1, -0.05) is 61.8 Å². The van der Waals surface area contributed by atoms with Crippen molar-refractivity contribution in [3.8, 4) is 5.75 Å². The summed E-state index contributed by atoms with van der Waals surface area (Å²) in [7, 11) is -2.62. The van der Waals surface area contributed by atoms with Crippen LogP contribution in [0.4, 0.5) is 5.69 Å². The van der Waals surface area contributed by atoms with Gasteiger partial charge >= 0.3 is 0 Å². The van der Waals surface area contributed by atoms with E-state index in [-0.39, 0.29) is 29.1 Å². The van der Waals surface area contributed by atoms with Gasteiger partial charge in [-0.3, -0.25) is 13.9 Å². The molecule has 0 aliphatic rings. The molecule has 0 fully saturated rings. The van der Waals surface area contributed by atoms with Crippen LogP contribution in [-0.4, -0.2) is 50.9 Å². The van der Waals surface area contributed by atoms with Crippen LogP contribution in [0, 0.1) is 6.92 Å². The normalized spacial score (nSPS) is 12.7. The van der Waals surface area contributed by atoms with Crippen molar-refractivity contribution in [3.05, 3.63) is 88.9 Å². The quantitative estimate of drug-likeness (QED) is 0.277. The Morgan fingerprint density at radius 2 is 1.66 bits per heavy atom. The third-order valence-electron chi connectivity index (χ3n) is 6.99. The van der Waals surface area contributed by atoms with Gasteiger partial charge in [-0.05, 0) is 74.2 Å². The molecule has 0 heterocycles. The zero-order valence-electron chi connectivity index (χ0n) is 24.1. The number of halogens is 1. The van der Waals surface area contributed by atoms with Crippen LogP contribution in [0.15, 0.2) is 77.7 Å². The minimum Gasteiger partial charge on any atom is -0.497 e. The fourth-order valence-corrected chi connectivity index (χ4v) is 6.09. The number of carbonyl (C=O) groups is 2. The van der Waals surface area contributed by atoms with Crippen LogP contribution in [0.2, 0.25) is 5.02 Å². The van der Waals surface area contributed by atoms with Crippen molar-refractivity contribution in [2.75, 3.05) is 18.0 Å². The number of nitrogens with one attached hydrogen (secondary N) is 1. The van der Waals surface area contributed by atoms with Crippen LogP contribution in [0.5, 0.6) is 5.75 Å². The SMILES string of the molecule is CC[C@@H](C)NC(=O)[C@H](CC)N(Cc1cccc(OC)c1)C(=O)CN(c1cccc(Cl)c1C)S(=O)(=O)c1ccccc1. The van der Waals surface area contributed by atoms with Crippen LogP contribution >= 0.6 is 11.6 Å². The van der Waals surface area contributed by atoms with Crippen molar-refractivity contribution in [2.45, 2.75) is 64.1 Å². The lowest BCUT2D eigenvalue weighted by molar-refractivity contribution is -0.140. The zero-order valence-corrected chi connectivity index (χ0v) is 25.7. The van der Waals surface area contributed by atoms with E-state index in [0.717, 1.165) is 16.3 Å². The Kier molecular flexibility index (Phi) is 11.2. The van der Waals surface area contributed by atoms with E-state index in [1.165, 1.54) is 17.0 Å². The molecule has 3 rings (SSSR count). The second-order valence-corrected chi connectivity index (χ2v) is 12.1. The molecule has 2 atom stereocenters. The number of nitrogens with zero attached hydrogens (tertiary/aromatic N) is 2. The summed E-state index contributed by atoms with van der Waals surface area (Å²) >= 11 is 6.38. The Hall–Kier alpha value is -3.56. The number of sulfonamides is 1. The molecule has 1 N–H and O–H groups in total. The van der Waals surface area contributed by atoms with Gasteiger partial charge in [-0.15, -0.1) is 0 Å². The van der Waals surface area contributed by atoms with Gasteiger partial charge in [0, 0.05) is 17.6 Å². The van der Waals surface area contributed by atoms with Gasteiger partial charge in [0.1, 0.15) is 18.3 Å². The van der Waals surface area contributed by atoms with Crippen molar-refractivity contribution >= 4 is 39.1 Å². The number of benzene rings is 3. The number of rotatable bonds is 13. The van der Waals surface area contributed by atoms with Crippen LogP contribution in [0.1, 0.15) is 44.7 Å². The molecule has 3 aromatic carbocycles. The molecule has 8 nitrogen and oxygen atoms in total. The van der Waals surface area contributed by atoms with Gasteiger partial charge < -0.3 is 15.0 Å². The van der Waals surface area contributed by atoms with Gasteiger partial charge in [-0.25, -0.2) is 8.42 Å². The van der Waals surface area contributed by atoms with Crippen LogP contribution in [0.25, 0.3) is 0 Å². The average molecular weight is 600 g/mol. The van der Waals surface area contributed by atoms with E-state index < -0.39 is 28.5 Å². The number of anilines is 1. The first-order valence-corrected chi connectivity index (χ1v) is 15.4. The van der Waals surface area contributed by atoms with Gasteiger partial charge in [0.05, 0.1) is 17.7 Å². The highest BCUT2D eigenvalue weighted by atomic mass is 35.5. The molecule has 3 aromatic rings. The Balaban J connectivity index is 2.10. The zero-order chi connectivity index (χ0) is 30.2. The highest BCUT2D eigenvalue weighted by molar-refractivity contribution is 7.92. The average Bonchev–Trinajstić information content (AvgIpc) is 2.97. The van der Waals surface area contributed by atoms with E-state index in [1.807, 2.05) is 26.8 Å². The maximum Gasteiger partial charge on any atom is 0.264 e. The molecule has 10 heteroatoms. The summed E-state index contributed by atoms with van der Waals surface area (Å²) in [5, 5.41) is 3.35. The molecule has 0 saturated carbocycles. The molecule has 0 bridgehead atoms. The summed E-state index contributed by atoms with van der Waals surface area (Å²) in [6.07, 6.45) is 1.06. The molecule has 0 saturated heterocycles. The van der Waals surface area contributed by atoms with Crippen LogP contribution in [0.3, 0.4) is 0 Å². The maximum absolute atomic E-state index is 14.2. The number of hydrogen-bond donors (Lipinski definition) is 1. The second kappa shape index (κ2) is 14.4. The van der Waals surface area contributed by atoms with Gasteiger partial charge in [0.25, 0.3) is 10.0 Å². The summed E-state index contributed by atoms with van der Waals surface area (Å²) < 4.78 is 34.4. The summed E-state index contributed by atoms with van der Waals surface area (Å²) in [4.78, 5) is 29.1. The Labute approximate surface area is 248 Å². The van der Waals surface area contributed by atoms with E-state index in [1.54, 1.807) is 68.6 Å². The molecule has 0 aliphatic heterocycles. The highest BCUT2D eigenvalue weighted by Crippen LogP contribution is 2.31. The Bertz CT molecular complexity index is 1450. The molecule has 220 valence electrons. The third kappa shape index (κ3) is 7.80. The highest BCUT2D eigenvalue weighted by Gasteiger charge is 2.34. The van der Waals surface area contributed by atoms with E-state index in [4.69, 9.17) is 16.3 Å². The first-order chi connectivity index (χ1) is 19.5. The van der Waals surface area contributed by atoms with E-state index in [2.05, 4.69) is 5.32 Å². The first kappa shape index (κ1) is 32.0. The topological polar surface area (TPSA) is 96.0 Å². The molecule has 0 unspecified atom stereocenters. The summed E-state index contributed by atoms with van der Waals surface area (Å²) in [5.74, 6) is -0.220. The predicted molar refractivity (Wildman–Crippen MR) is 163 cm³/mol. The second-order valence-electron chi connectivity index (χ2n) is 9.82. The smallest absolute Gasteiger partial charge is 0.264 e. The molecule has 0 aliphatic carbocycles. The van der Waals surface area contributed by atoms with Crippen molar-refractivity contribution in [1.29, 1.82) is 0 Å². The number of carbonyl (C=O) groups excluding carboxylic acids is 2. The monoisotopic (exact) mass is 599 g/mol. The number of hydrogen-bond acceptors (Lipinski definition) is 5. The van der Waals surface area contributed by atoms with E-state index in [9.17, 15) is 18.0 Å². The fourth-order valence-electron chi connectivity index (χ4n) is 4.43. The lowest BCUT2D eigenvalue weighted by Gasteiger charge is -2.34. The number of methoxy groups -OCH3 is 1.